The number of aryl methyl sites for hydroxylation is 1. The molecule has 116 valence electrons. The van der Waals surface area contributed by atoms with Gasteiger partial charge in [0.25, 0.3) is 0 Å². The van der Waals surface area contributed by atoms with E-state index >= 15 is 0 Å². The molecule has 2 heterocycles. The van der Waals surface area contributed by atoms with Crippen LogP contribution in [0, 0.1) is 11.3 Å². The molecule has 0 amide bonds. The summed E-state index contributed by atoms with van der Waals surface area (Å²) in [6, 6.07) is 11.8. The van der Waals surface area contributed by atoms with Crippen LogP contribution < -0.4 is 0 Å². The van der Waals surface area contributed by atoms with Gasteiger partial charge < -0.3 is 5.11 Å². The van der Waals surface area contributed by atoms with Crippen molar-refractivity contribution in [3.05, 3.63) is 41.5 Å². The molecule has 0 aliphatic rings. The van der Waals surface area contributed by atoms with Gasteiger partial charge in [-0.2, -0.15) is 5.26 Å². The molecule has 0 saturated heterocycles. The normalized spacial score (nSPS) is 11.0. The number of imidazole rings is 1. The summed E-state index contributed by atoms with van der Waals surface area (Å²) in [5.41, 5.74) is 3.78. The molecule has 3 aromatic rings. The first kappa shape index (κ1) is 15.4. The van der Waals surface area contributed by atoms with Crippen molar-refractivity contribution in [3.8, 4) is 6.07 Å². The largest absolute Gasteiger partial charge is 0.481 e. The third-order valence-electron chi connectivity index (χ3n) is 3.60. The van der Waals surface area contributed by atoms with E-state index in [2.05, 4.69) is 18.0 Å². The van der Waals surface area contributed by atoms with Gasteiger partial charge in [0.1, 0.15) is 6.07 Å². The standard InChI is InChI=1S/C17H15N3O2S/c1-2-5-11-8-15(23-10-16(21)22)20-14-7-4-3-6-13(14)19-17(20)12(11)9-18/h3-4,6-8H,2,5,10H2,1H3,(H,21,22). The number of nitrogens with zero attached hydrogens (tertiary/aromatic N) is 3. The molecule has 0 atom stereocenters. The van der Waals surface area contributed by atoms with Gasteiger partial charge >= 0.3 is 5.97 Å². The predicted molar refractivity (Wildman–Crippen MR) is 89.8 cm³/mol. The lowest BCUT2D eigenvalue weighted by Gasteiger charge is -2.10. The van der Waals surface area contributed by atoms with Crippen molar-refractivity contribution in [2.24, 2.45) is 0 Å². The van der Waals surface area contributed by atoms with Gasteiger partial charge in [-0.25, -0.2) is 4.98 Å². The maximum Gasteiger partial charge on any atom is 0.313 e. The van der Waals surface area contributed by atoms with Crippen LogP contribution in [0.2, 0.25) is 0 Å². The fourth-order valence-corrected chi connectivity index (χ4v) is 3.49. The van der Waals surface area contributed by atoms with Gasteiger partial charge in [0, 0.05) is 0 Å². The van der Waals surface area contributed by atoms with Crippen molar-refractivity contribution in [1.29, 1.82) is 5.26 Å². The molecule has 0 bridgehead atoms. The average molecular weight is 325 g/mol. The monoisotopic (exact) mass is 325 g/mol. The average Bonchev–Trinajstić information content (AvgIpc) is 2.92. The first-order valence-electron chi connectivity index (χ1n) is 7.33. The summed E-state index contributed by atoms with van der Waals surface area (Å²) in [5.74, 6) is -0.895. The number of para-hydroxylation sites is 2. The summed E-state index contributed by atoms with van der Waals surface area (Å²) in [7, 11) is 0. The Morgan fingerprint density at radius 2 is 2.22 bits per heavy atom. The minimum Gasteiger partial charge on any atom is -0.481 e. The SMILES string of the molecule is CCCc1cc(SCC(=O)O)n2c(nc3ccccc32)c1C#N. The van der Waals surface area contributed by atoms with Crippen LogP contribution in [0.15, 0.2) is 35.4 Å². The zero-order valence-corrected chi connectivity index (χ0v) is 13.4. The summed E-state index contributed by atoms with van der Waals surface area (Å²) in [4.78, 5) is 15.5. The van der Waals surface area contributed by atoms with E-state index in [1.165, 1.54) is 11.8 Å². The second kappa shape index (κ2) is 6.31. The van der Waals surface area contributed by atoms with Crippen LogP contribution in [-0.2, 0) is 11.2 Å². The minimum atomic E-state index is -0.867. The maximum atomic E-state index is 10.9. The van der Waals surface area contributed by atoms with Crippen LogP contribution in [0.1, 0.15) is 24.5 Å². The Labute approximate surface area is 137 Å². The fourth-order valence-electron chi connectivity index (χ4n) is 2.68. The Hall–Kier alpha value is -2.52. The van der Waals surface area contributed by atoms with Gasteiger partial charge in [-0.3, -0.25) is 9.20 Å². The van der Waals surface area contributed by atoms with Crippen molar-refractivity contribution in [3.63, 3.8) is 0 Å². The van der Waals surface area contributed by atoms with Gasteiger partial charge in [0.05, 0.1) is 27.4 Å². The van der Waals surface area contributed by atoms with Crippen LogP contribution in [0.5, 0.6) is 0 Å². The molecule has 1 N–H and O–H groups in total. The molecule has 0 aliphatic heterocycles. The fraction of sp³-hybridized carbons (Fsp3) is 0.235. The van der Waals surface area contributed by atoms with Crippen molar-refractivity contribution in [1.82, 2.24) is 9.38 Å². The highest BCUT2D eigenvalue weighted by Gasteiger charge is 2.17. The number of carbonyl (C=O) groups is 1. The second-order valence-electron chi connectivity index (χ2n) is 5.19. The summed E-state index contributed by atoms with van der Waals surface area (Å²) in [6.07, 6.45) is 1.68. The smallest absolute Gasteiger partial charge is 0.313 e. The molecule has 23 heavy (non-hydrogen) atoms. The van der Waals surface area contributed by atoms with Crippen molar-refractivity contribution in [2.75, 3.05) is 5.75 Å². The van der Waals surface area contributed by atoms with Gasteiger partial charge in [0.15, 0.2) is 5.65 Å². The maximum absolute atomic E-state index is 10.9. The number of thioether (sulfide) groups is 1. The van der Waals surface area contributed by atoms with E-state index in [0.717, 1.165) is 34.5 Å². The van der Waals surface area contributed by atoms with E-state index in [1.807, 2.05) is 34.7 Å². The van der Waals surface area contributed by atoms with E-state index in [9.17, 15) is 10.1 Å². The quantitative estimate of drug-likeness (QED) is 0.727. The van der Waals surface area contributed by atoms with Gasteiger partial charge in [-0.1, -0.05) is 37.2 Å². The number of aromatic nitrogens is 2. The molecule has 3 rings (SSSR count). The Kier molecular flexibility index (Phi) is 4.22. The van der Waals surface area contributed by atoms with Crippen LogP contribution in [0.4, 0.5) is 0 Å². The number of rotatable bonds is 5. The van der Waals surface area contributed by atoms with E-state index < -0.39 is 5.97 Å². The van der Waals surface area contributed by atoms with Crippen LogP contribution >= 0.6 is 11.8 Å². The highest BCUT2D eigenvalue weighted by Crippen LogP contribution is 2.30. The molecule has 0 fully saturated rings. The molecular formula is C17H15N3O2S. The second-order valence-corrected chi connectivity index (χ2v) is 6.18. The number of nitriles is 1. The molecule has 0 unspecified atom stereocenters. The summed E-state index contributed by atoms with van der Waals surface area (Å²) in [5, 5.41) is 19.4. The van der Waals surface area contributed by atoms with Gasteiger partial charge in [-0.05, 0) is 30.2 Å². The number of benzene rings is 1. The Balaban J connectivity index is 2.34. The molecular weight excluding hydrogens is 310 g/mol. The number of pyridine rings is 1. The van der Waals surface area contributed by atoms with Crippen LogP contribution in [-0.4, -0.2) is 26.2 Å². The van der Waals surface area contributed by atoms with E-state index in [1.54, 1.807) is 0 Å². The summed E-state index contributed by atoms with van der Waals surface area (Å²) < 4.78 is 1.89. The van der Waals surface area contributed by atoms with Crippen molar-refractivity contribution < 1.29 is 9.90 Å². The van der Waals surface area contributed by atoms with Gasteiger partial charge in [-0.15, -0.1) is 0 Å². The number of carboxylic acids is 1. The van der Waals surface area contributed by atoms with E-state index in [4.69, 9.17) is 5.11 Å². The van der Waals surface area contributed by atoms with Gasteiger partial charge in [0.2, 0.25) is 0 Å². The van der Waals surface area contributed by atoms with Crippen LogP contribution in [0.25, 0.3) is 16.7 Å². The third kappa shape index (κ3) is 2.76. The third-order valence-corrected chi connectivity index (χ3v) is 4.59. The zero-order chi connectivity index (χ0) is 16.4. The lowest BCUT2D eigenvalue weighted by Crippen LogP contribution is -2.03. The zero-order valence-electron chi connectivity index (χ0n) is 12.6. The molecule has 6 heteroatoms. The lowest BCUT2D eigenvalue weighted by molar-refractivity contribution is -0.133. The number of fused-ring (bicyclic) bond motifs is 3. The van der Waals surface area contributed by atoms with E-state index in [-0.39, 0.29) is 5.75 Å². The number of hydrogen-bond acceptors (Lipinski definition) is 4. The van der Waals surface area contributed by atoms with Crippen molar-refractivity contribution in [2.45, 2.75) is 24.8 Å². The summed E-state index contributed by atoms with van der Waals surface area (Å²) >= 11 is 1.25. The highest BCUT2D eigenvalue weighted by molar-refractivity contribution is 7.99. The van der Waals surface area contributed by atoms with Crippen molar-refractivity contribution >= 4 is 34.4 Å². The number of aliphatic carboxylic acids is 1. The molecule has 0 aliphatic carbocycles. The van der Waals surface area contributed by atoms with E-state index in [0.29, 0.717) is 11.2 Å². The molecule has 1 aromatic carbocycles. The van der Waals surface area contributed by atoms with Crippen LogP contribution in [0.3, 0.4) is 0 Å². The lowest BCUT2D eigenvalue weighted by atomic mass is 10.1. The molecule has 0 spiro atoms. The highest BCUT2D eigenvalue weighted by atomic mass is 32.2. The Bertz CT molecular complexity index is 940. The summed E-state index contributed by atoms with van der Waals surface area (Å²) in [6.45, 7) is 2.05. The predicted octanol–water partition coefficient (Wildman–Crippen LogP) is 3.49. The number of hydrogen-bond donors (Lipinski definition) is 1. The first-order chi connectivity index (χ1) is 11.2. The molecule has 0 saturated carbocycles. The minimum absolute atomic E-state index is 0.0287. The topological polar surface area (TPSA) is 78.4 Å². The Morgan fingerprint density at radius 3 is 2.91 bits per heavy atom. The number of carboxylic acid groups (broad SMARTS) is 1. The first-order valence-corrected chi connectivity index (χ1v) is 8.32. The molecule has 0 radical (unpaired) electrons. The molecule has 2 aromatic heterocycles. The Morgan fingerprint density at radius 1 is 1.43 bits per heavy atom. The molecule has 5 nitrogen and oxygen atoms in total.